The number of carbonyl (C=O) groups is 1. The van der Waals surface area contributed by atoms with Crippen molar-refractivity contribution in [1.82, 2.24) is 19.4 Å². The number of aromatic nitrogens is 2. The maximum absolute atomic E-state index is 13.5. The van der Waals surface area contributed by atoms with Gasteiger partial charge in [0.2, 0.25) is 15.9 Å². The van der Waals surface area contributed by atoms with E-state index in [9.17, 15) is 13.2 Å². The summed E-state index contributed by atoms with van der Waals surface area (Å²) in [5.41, 5.74) is 2.64. The Kier molecular flexibility index (Phi) is 8.63. The molecule has 2 aliphatic heterocycles. The summed E-state index contributed by atoms with van der Waals surface area (Å²) in [5, 5.41) is 8.80. The molecule has 2 aromatic carbocycles. The Hall–Kier alpha value is -3.54. The van der Waals surface area contributed by atoms with Crippen molar-refractivity contribution in [3.8, 4) is 17.0 Å². The van der Waals surface area contributed by atoms with Crippen molar-refractivity contribution >= 4 is 21.7 Å². The lowest BCUT2D eigenvalue weighted by atomic mass is 10.1. The van der Waals surface area contributed by atoms with E-state index in [0.29, 0.717) is 32.8 Å². The molecule has 0 unspecified atom stereocenters. The number of benzene rings is 2. The van der Waals surface area contributed by atoms with Crippen LogP contribution >= 0.6 is 0 Å². The predicted octanol–water partition coefficient (Wildman–Crippen LogP) is 2.98. The first-order chi connectivity index (χ1) is 19.3. The number of hydrogen-bond acceptors (Lipinski definition) is 8. The highest BCUT2D eigenvalue weighted by Crippen LogP contribution is 2.24. The molecule has 212 valence electrons. The van der Waals surface area contributed by atoms with Crippen molar-refractivity contribution in [2.45, 2.75) is 30.8 Å². The SMILES string of the molecule is COc1cccc(-c2ccc(N3CCN(C(=O)CN(C[C@@H]4CCCO4)S(=O)(=O)c4ccc(C)cc4)CC3)nn2)c1. The Morgan fingerprint density at radius 1 is 1.05 bits per heavy atom. The fourth-order valence-corrected chi connectivity index (χ4v) is 6.41. The van der Waals surface area contributed by atoms with E-state index in [-0.39, 0.29) is 30.0 Å². The van der Waals surface area contributed by atoms with Crippen molar-refractivity contribution < 1.29 is 22.7 Å². The maximum atomic E-state index is 13.5. The molecular weight excluding hydrogens is 530 g/mol. The normalized spacial score (nSPS) is 17.8. The average Bonchev–Trinajstić information content (AvgIpc) is 3.50. The van der Waals surface area contributed by atoms with Crippen LogP contribution in [0.2, 0.25) is 0 Å². The van der Waals surface area contributed by atoms with Crippen molar-refractivity contribution in [1.29, 1.82) is 0 Å². The molecule has 1 aromatic heterocycles. The molecule has 2 fully saturated rings. The Bertz CT molecular complexity index is 1400. The lowest BCUT2D eigenvalue weighted by molar-refractivity contribution is -0.131. The van der Waals surface area contributed by atoms with Gasteiger partial charge in [0.15, 0.2) is 5.82 Å². The minimum absolute atomic E-state index is 0.164. The molecule has 1 amide bonds. The number of amides is 1. The highest BCUT2D eigenvalue weighted by molar-refractivity contribution is 7.89. The summed E-state index contributed by atoms with van der Waals surface area (Å²) in [4.78, 5) is 17.3. The van der Waals surface area contributed by atoms with Crippen LogP contribution in [-0.2, 0) is 19.6 Å². The fourth-order valence-electron chi connectivity index (χ4n) is 4.99. The van der Waals surface area contributed by atoms with Gasteiger partial charge in [-0.05, 0) is 56.2 Å². The van der Waals surface area contributed by atoms with Crippen LogP contribution in [-0.4, -0.2) is 92.8 Å². The number of sulfonamides is 1. The van der Waals surface area contributed by atoms with Crippen LogP contribution in [0.5, 0.6) is 5.75 Å². The third kappa shape index (κ3) is 6.43. The van der Waals surface area contributed by atoms with Gasteiger partial charge >= 0.3 is 0 Å². The van der Waals surface area contributed by atoms with Crippen LogP contribution in [0.1, 0.15) is 18.4 Å². The number of ether oxygens (including phenoxy) is 2. The number of rotatable bonds is 9. The predicted molar refractivity (Wildman–Crippen MR) is 152 cm³/mol. The third-order valence-corrected chi connectivity index (χ3v) is 9.20. The van der Waals surface area contributed by atoms with E-state index in [4.69, 9.17) is 9.47 Å². The van der Waals surface area contributed by atoms with Gasteiger partial charge in [-0.3, -0.25) is 4.79 Å². The molecule has 11 heteroatoms. The Morgan fingerprint density at radius 2 is 1.82 bits per heavy atom. The zero-order chi connectivity index (χ0) is 28.1. The molecule has 2 saturated heterocycles. The van der Waals surface area contributed by atoms with Gasteiger partial charge in [0.05, 0.1) is 30.3 Å². The minimum Gasteiger partial charge on any atom is -0.497 e. The molecule has 40 heavy (non-hydrogen) atoms. The van der Waals surface area contributed by atoms with Gasteiger partial charge in [-0.25, -0.2) is 8.42 Å². The van der Waals surface area contributed by atoms with Crippen LogP contribution in [0.3, 0.4) is 0 Å². The smallest absolute Gasteiger partial charge is 0.243 e. The molecular formula is C29H35N5O5S. The van der Waals surface area contributed by atoms with Crippen molar-refractivity contribution in [2.24, 2.45) is 0 Å². The van der Waals surface area contributed by atoms with E-state index in [1.807, 2.05) is 43.3 Å². The zero-order valence-electron chi connectivity index (χ0n) is 22.9. The zero-order valence-corrected chi connectivity index (χ0v) is 23.7. The summed E-state index contributed by atoms with van der Waals surface area (Å²) in [6.07, 6.45) is 1.47. The van der Waals surface area contributed by atoms with Crippen molar-refractivity contribution in [2.75, 3.05) is 57.9 Å². The lowest BCUT2D eigenvalue weighted by Crippen LogP contribution is -2.52. The molecule has 0 aliphatic carbocycles. The molecule has 10 nitrogen and oxygen atoms in total. The van der Waals surface area contributed by atoms with E-state index in [0.717, 1.165) is 41.2 Å². The highest BCUT2D eigenvalue weighted by atomic mass is 32.2. The largest absolute Gasteiger partial charge is 0.497 e. The first-order valence-electron chi connectivity index (χ1n) is 13.5. The molecule has 1 atom stereocenters. The molecule has 0 saturated carbocycles. The lowest BCUT2D eigenvalue weighted by Gasteiger charge is -2.36. The first-order valence-corrected chi connectivity index (χ1v) is 15.0. The fraction of sp³-hybridized carbons (Fsp3) is 0.414. The van der Waals surface area contributed by atoms with Gasteiger partial charge < -0.3 is 19.3 Å². The Morgan fingerprint density at radius 3 is 2.48 bits per heavy atom. The summed E-state index contributed by atoms with van der Waals surface area (Å²) >= 11 is 0. The van der Waals surface area contributed by atoms with Crippen LogP contribution in [0.4, 0.5) is 5.82 Å². The van der Waals surface area contributed by atoms with Crippen LogP contribution in [0.15, 0.2) is 65.6 Å². The Balaban J connectivity index is 1.22. The summed E-state index contributed by atoms with van der Waals surface area (Å²) in [7, 11) is -2.23. The second-order valence-corrected chi connectivity index (χ2v) is 12.1. The number of methoxy groups -OCH3 is 1. The maximum Gasteiger partial charge on any atom is 0.243 e. The number of nitrogens with zero attached hydrogens (tertiary/aromatic N) is 5. The number of carbonyl (C=O) groups excluding carboxylic acids is 1. The quantitative estimate of drug-likeness (QED) is 0.390. The van der Waals surface area contributed by atoms with Crippen LogP contribution in [0.25, 0.3) is 11.3 Å². The summed E-state index contributed by atoms with van der Waals surface area (Å²) in [6, 6.07) is 18.2. The minimum atomic E-state index is -3.86. The summed E-state index contributed by atoms with van der Waals surface area (Å²) in [6.45, 7) is 4.56. The standard InChI is InChI=1S/C29H35N5O5S/c1-22-8-10-26(11-9-22)40(36,37)34(20-25-7-4-18-39-25)21-29(35)33-16-14-32(15-17-33)28-13-12-27(30-31-28)23-5-3-6-24(19-23)38-2/h3,5-6,8-13,19,25H,4,7,14-18,20-21H2,1-2H3/t25-/m0/s1. The molecule has 0 N–H and O–H groups in total. The molecule has 0 spiro atoms. The number of anilines is 1. The van der Waals surface area contributed by atoms with Crippen molar-refractivity contribution in [3.05, 3.63) is 66.2 Å². The molecule has 0 bridgehead atoms. The van der Waals surface area contributed by atoms with Crippen LogP contribution < -0.4 is 9.64 Å². The van der Waals surface area contributed by atoms with E-state index in [1.165, 1.54) is 4.31 Å². The summed E-state index contributed by atoms with van der Waals surface area (Å²) < 4.78 is 39.3. The van der Waals surface area contributed by atoms with Gasteiger partial charge in [-0.15, -0.1) is 10.2 Å². The van der Waals surface area contributed by atoms with E-state index in [1.54, 1.807) is 36.3 Å². The molecule has 3 heterocycles. The van der Waals surface area contributed by atoms with E-state index < -0.39 is 10.0 Å². The second-order valence-electron chi connectivity index (χ2n) is 10.1. The summed E-state index contributed by atoms with van der Waals surface area (Å²) in [5.74, 6) is 1.28. The van der Waals surface area contributed by atoms with Gasteiger partial charge in [0.1, 0.15) is 5.75 Å². The van der Waals surface area contributed by atoms with E-state index >= 15 is 0 Å². The first kappa shape index (κ1) is 28.0. The van der Waals surface area contributed by atoms with Gasteiger partial charge in [-0.2, -0.15) is 4.31 Å². The van der Waals surface area contributed by atoms with Gasteiger partial charge in [0.25, 0.3) is 0 Å². The molecule has 3 aromatic rings. The highest BCUT2D eigenvalue weighted by Gasteiger charge is 2.33. The topological polar surface area (TPSA) is 105 Å². The van der Waals surface area contributed by atoms with Gasteiger partial charge in [-0.1, -0.05) is 29.8 Å². The van der Waals surface area contributed by atoms with Crippen molar-refractivity contribution in [3.63, 3.8) is 0 Å². The average molecular weight is 566 g/mol. The van der Waals surface area contributed by atoms with Crippen LogP contribution in [0, 0.1) is 6.92 Å². The molecule has 2 aliphatic rings. The third-order valence-electron chi connectivity index (χ3n) is 7.37. The number of piperazine rings is 1. The van der Waals surface area contributed by atoms with E-state index in [2.05, 4.69) is 15.1 Å². The molecule has 5 rings (SSSR count). The molecule has 0 radical (unpaired) electrons. The number of hydrogen-bond donors (Lipinski definition) is 0. The Labute approximate surface area is 235 Å². The monoisotopic (exact) mass is 565 g/mol. The van der Waals surface area contributed by atoms with Gasteiger partial charge in [0, 0.05) is 44.9 Å². The number of aryl methyl sites for hydroxylation is 1. The second kappa shape index (κ2) is 12.3.